The molecule has 9 heteroatoms. The van der Waals surface area contributed by atoms with Crippen LogP contribution in [-0.2, 0) is 32.6 Å². The quantitative estimate of drug-likeness (QED) is 0.170. The summed E-state index contributed by atoms with van der Waals surface area (Å²) >= 11 is 3.42. The molecule has 0 saturated carbocycles. The van der Waals surface area contributed by atoms with Gasteiger partial charge in [0.1, 0.15) is 12.6 Å². The molecule has 2 amide bonds. The lowest BCUT2D eigenvalue weighted by Gasteiger charge is -2.34. The number of hydrogen-bond acceptors (Lipinski definition) is 4. The van der Waals surface area contributed by atoms with E-state index >= 15 is 0 Å². The highest BCUT2D eigenvalue weighted by atomic mass is 79.9. The maximum Gasteiger partial charge on any atom is 0.264 e. The third-order valence-electron chi connectivity index (χ3n) is 7.43. The number of rotatable bonds is 13. The number of sulfonamides is 1. The fourth-order valence-corrected chi connectivity index (χ4v) is 6.52. The molecule has 0 aliphatic heterocycles. The maximum atomic E-state index is 14.5. The number of halogens is 1. The molecule has 4 aromatic carbocycles. The average molecular weight is 691 g/mol. The molecule has 1 unspecified atom stereocenters. The highest BCUT2D eigenvalue weighted by Gasteiger charge is 2.34. The number of hydrogen-bond donors (Lipinski definition) is 1. The first-order valence-corrected chi connectivity index (χ1v) is 17.2. The number of carbonyl (C=O) groups is 2. The van der Waals surface area contributed by atoms with Gasteiger partial charge in [-0.25, -0.2) is 8.42 Å². The molecule has 0 fully saturated rings. The second-order valence-electron chi connectivity index (χ2n) is 11.7. The Morgan fingerprint density at radius 2 is 1.36 bits per heavy atom. The minimum absolute atomic E-state index is 0.0735. The molecule has 0 spiro atoms. The second-order valence-corrected chi connectivity index (χ2v) is 14.4. The zero-order chi connectivity index (χ0) is 32.6. The Bertz CT molecular complexity index is 1680. The molecule has 236 valence electrons. The fourth-order valence-electron chi connectivity index (χ4n) is 4.84. The lowest BCUT2D eigenvalue weighted by Crippen LogP contribution is -2.53. The van der Waals surface area contributed by atoms with E-state index in [0.29, 0.717) is 12.2 Å². The Labute approximate surface area is 275 Å². The maximum absolute atomic E-state index is 14.5. The van der Waals surface area contributed by atoms with E-state index in [-0.39, 0.29) is 29.7 Å². The van der Waals surface area contributed by atoms with Crippen molar-refractivity contribution in [1.82, 2.24) is 10.2 Å². The highest BCUT2D eigenvalue weighted by molar-refractivity contribution is 9.10. The third kappa shape index (κ3) is 9.28. The van der Waals surface area contributed by atoms with Crippen LogP contribution < -0.4 is 9.62 Å². The molecule has 0 saturated heterocycles. The third-order valence-corrected chi connectivity index (χ3v) is 9.75. The summed E-state index contributed by atoms with van der Waals surface area (Å²) < 4.78 is 30.1. The second kappa shape index (κ2) is 15.4. The minimum Gasteiger partial charge on any atom is -0.354 e. The summed E-state index contributed by atoms with van der Waals surface area (Å²) in [6.07, 6.45) is 0.269. The predicted molar refractivity (Wildman–Crippen MR) is 183 cm³/mol. The van der Waals surface area contributed by atoms with E-state index in [1.807, 2.05) is 82.3 Å². The van der Waals surface area contributed by atoms with E-state index < -0.39 is 28.5 Å². The summed E-state index contributed by atoms with van der Waals surface area (Å²) in [5.74, 6) is -0.570. The summed E-state index contributed by atoms with van der Waals surface area (Å²) in [6, 6.07) is 29.8. The van der Waals surface area contributed by atoms with Gasteiger partial charge in [-0.15, -0.1) is 0 Å². The molecule has 1 atom stereocenters. The lowest BCUT2D eigenvalue weighted by atomic mass is 10.0. The van der Waals surface area contributed by atoms with E-state index in [1.165, 1.54) is 4.90 Å². The zero-order valence-electron chi connectivity index (χ0n) is 26.1. The van der Waals surface area contributed by atoms with Gasteiger partial charge in [-0.1, -0.05) is 108 Å². The van der Waals surface area contributed by atoms with E-state index in [1.54, 1.807) is 48.5 Å². The lowest BCUT2D eigenvalue weighted by molar-refractivity contribution is -0.140. The number of nitrogens with zero attached hydrogens (tertiary/aromatic N) is 2. The molecule has 1 N–H and O–H groups in total. The summed E-state index contributed by atoms with van der Waals surface area (Å²) in [5, 5.41) is 3.02. The van der Waals surface area contributed by atoms with Crippen LogP contribution in [0, 0.1) is 19.8 Å². The molecular weight excluding hydrogens is 650 g/mol. The van der Waals surface area contributed by atoms with Crippen molar-refractivity contribution in [2.45, 2.75) is 51.6 Å². The van der Waals surface area contributed by atoms with Crippen molar-refractivity contribution in [2.75, 3.05) is 17.4 Å². The molecule has 0 aliphatic carbocycles. The summed E-state index contributed by atoms with van der Waals surface area (Å²) in [7, 11) is -4.15. The van der Waals surface area contributed by atoms with Crippen LogP contribution in [-0.4, -0.2) is 44.3 Å². The topological polar surface area (TPSA) is 86.8 Å². The van der Waals surface area contributed by atoms with Gasteiger partial charge < -0.3 is 10.2 Å². The van der Waals surface area contributed by atoms with Crippen molar-refractivity contribution >= 4 is 43.5 Å². The van der Waals surface area contributed by atoms with Gasteiger partial charge in [0, 0.05) is 24.0 Å². The molecule has 0 bridgehead atoms. The van der Waals surface area contributed by atoms with Crippen molar-refractivity contribution in [3.63, 3.8) is 0 Å². The van der Waals surface area contributed by atoms with E-state index in [4.69, 9.17) is 0 Å². The first-order valence-electron chi connectivity index (χ1n) is 15.0. The van der Waals surface area contributed by atoms with Crippen LogP contribution in [0.25, 0.3) is 0 Å². The van der Waals surface area contributed by atoms with Crippen LogP contribution >= 0.6 is 15.9 Å². The number of benzene rings is 4. The average Bonchev–Trinajstić information content (AvgIpc) is 3.02. The van der Waals surface area contributed by atoms with Crippen LogP contribution in [0.5, 0.6) is 0 Å². The van der Waals surface area contributed by atoms with Gasteiger partial charge in [-0.3, -0.25) is 13.9 Å². The summed E-state index contributed by atoms with van der Waals surface area (Å²) in [5.41, 5.74) is 4.05. The normalized spacial score (nSPS) is 12.0. The summed E-state index contributed by atoms with van der Waals surface area (Å²) in [4.78, 5) is 29.9. The monoisotopic (exact) mass is 689 g/mol. The molecule has 0 radical (unpaired) electrons. The smallest absolute Gasteiger partial charge is 0.264 e. The molecule has 0 aromatic heterocycles. The Kier molecular flexibility index (Phi) is 11.6. The molecule has 4 rings (SSSR count). The van der Waals surface area contributed by atoms with Crippen LogP contribution in [0.2, 0.25) is 0 Å². The Morgan fingerprint density at radius 3 is 1.93 bits per heavy atom. The Morgan fingerprint density at radius 1 is 0.778 bits per heavy atom. The number of aryl methyl sites for hydroxylation is 2. The van der Waals surface area contributed by atoms with Crippen molar-refractivity contribution in [3.05, 3.63) is 130 Å². The molecular formula is C36H40BrN3O4S. The van der Waals surface area contributed by atoms with Crippen LogP contribution in [0.15, 0.2) is 112 Å². The predicted octanol–water partition coefficient (Wildman–Crippen LogP) is 6.67. The molecule has 4 aromatic rings. The summed E-state index contributed by atoms with van der Waals surface area (Å²) in [6.45, 7) is 7.96. The van der Waals surface area contributed by atoms with E-state index in [9.17, 15) is 18.0 Å². The molecule has 0 aliphatic rings. The van der Waals surface area contributed by atoms with Gasteiger partial charge in [0.2, 0.25) is 11.8 Å². The number of anilines is 1. The number of carbonyl (C=O) groups excluding carboxylic acids is 2. The zero-order valence-corrected chi connectivity index (χ0v) is 28.5. The first-order chi connectivity index (χ1) is 21.4. The van der Waals surface area contributed by atoms with Gasteiger partial charge in [-0.2, -0.15) is 0 Å². The SMILES string of the molecule is Cc1ccc(CN(C(=O)CN(c2ccc(Br)cc2)S(=O)(=O)c2ccc(C)cc2)C(Cc2ccccc2)C(=O)NCC(C)C)cc1. The van der Waals surface area contributed by atoms with Crippen molar-refractivity contribution in [1.29, 1.82) is 0 Å². The van der Waals surface area contributed by atoms with Gasteiger partial charge in [-0.05, 0) is 67.3 Å². The van der Waals surface area contributed by atoms with Crippen LogP contribution in [0.1, 0.15) is 36.1 Å². The van der Waals surface area contributed by atoms with Crippen LogP contribution in [0.4, 0.5) is 5.69 Å². The van der Waals surface area contributed by atoms with Gasteiger partial charge in [0.15, 0.2) is 0 Å². The van der Waals surface area contributed by atoms with E-state index in [0.717, 1.165) is 31.0 Å². The highest BCUT2D eigenvalue weighted by Crippen LogP contribution is 2.27. The Hall–Kier alpha value is -3.95. The van der Waals surface area contributed by atoms with Crippen molar-refractivity contribution in [2.24, 2.45) is 5.92 Å². The Balaban J connectivity index is 1.79. The fraction of sp³-hybridized carbons (Fsp3) is 0.278. The van der Waals surface area contributed by atoms with Gasteiger partial charge in [0.25, 0.3) is 10.0 Å². The first kappa shape index (κ1) is 33.9. The van der Waals surface area contributed by atoms with Crippen molar-refractivity contribution < 1.29 is 18.0 Å². The molecule has 7 nitrogen and oxygen atoms in total. The molecule has 45 heavy (non-hydrogen) atoms. The van der Waals surface area contributed by atoms with Gasteiger partial charge in [0.05, 0.1) is 10.6 Å². The van der Waals surface area contributed by atoms with E-state index in [2.05, 4.69) is 21.2 Å². The number of nitrogens with one attached hydrogen (secondary N) is 1. The standard InChI is InChI=1S/C36H40BrN3O4S/c1-26(2)23-38-36(42)34(22-29-8-6-5-7-9-29)39(24-30-14-10-27(3)11-15-30)35(41)25-40(32-18-16-31(37)17-19-32)45(43,44)33-20-12-28(4)13-21-33/h5-21,26,34H,22-25H2,1-4H3,(H,38,42). The minimum atomic E-state index is -4.15. The van der Waals surface area contributed by atoms with Gasteiger partial charge >= 0.3 is 0 Å². The van der Waals surface area contributed by atoms with Crippen LogP contribution in [0.3, 0.4) is 0 Å². The number of amides is 2. The largest absolute Gasteiger partial charge is 0.354 e. The van der Waals surface area contributed by atoms with Crippen molar-refractivity contribution in [3.8, 4) is 0 Å². The molecule has 0 heterocycles.